The Labute approximate surface area is 109 Å². The van der Waals surface area contributed by atoms with Crippen molar-refractivity contribution in [1.82, 2.24) is 25.0 Å². The van der Waals surface area contributed by atoms with Gasteiger partial charge < -0.3 is 5.32 Å². The molecule has 0 radical (unpaired) electrons. The summed E-state index contributed by atoms with van der Waals surface area (Å²) in [5.74, 6) is 0.834. The zero-order valence-electron chi connectivity index (χ0n) is 10.2. The largest absolute Gasteiger partial charge is 0.365 e. The molecule has 1 aromatic carbocycles. The van der Waals surface area contributed by atoms with Crippen LogP contribution in [-0.2, 0) is 12.8 Å². The average molecular weight is 252 g/mol. The second-order valence-corrected chi connectivity index (χ2v) is 4.76. The molecule has 1 N–H and O–H groups in total. The monoisotopic (exact) mass is 252 g/mol. The highest BCUT2D eigenvalue weighted by Crippen LogP contribution is 2.24. The quantitative estimate of drug-likeness (QED) is 0.739. The molecule has 0 bridgehead atoms. The molecule has 0 saturated carbocycles. The summed E-state index contributed by atoms with van der Waals surface area (Å²) >= 11 is 0. The highest BCUT2D eigenvalue weighted by molar-refractivity contribution is 5.46. The van der Waals surface area contributed by atoms with Crippen LogP contribution in [0.25, 0.3) is 5.65 Å². The van der Waals surface area contributed by atoms with Crippen LogP contribution in [0.2, 0.25) is 0 Å². The van der Waals surface area contributed by atoms with Crippen molar-refractivity contribution in [2.75, 3.05) is 5.32 Å². The molecule has 6 heteroatoms. The number of benzene rings is 1. The summed E-state index contributed by atoms with van der Waals surface area (Å²) in [4.78, 5) is 4.15. The maximum atomic E-state index is 4.15. The van der Waals surface area contributed by atoms with E-state index in [1.807, 2.05) is 0 Å². The zero-order valence-corrected chi connectivity index (χ0v) is 10.2. The van der Waals surface area contributed by atoms with Crippen LogP contribution in [0.4, 0.5) is 5.82 Å². The van der Waals surface area contributed by atoms with Crippen molar-refractivity contribution in [1.29, 1.82) is 0 Å². The summed E-state index contributed by atoms with van der Waals surface area (Å²) in [7, 11) is 0. The highest BCUT2D eigenvalue weighted by atomic mass is 15.5. The molecule has 0 atom stereocenters. The molecule has 0 saturated heterocycles. The van der Waals surface area contributed by atoms with Crippen LogP contribution >= 0.6 is 0 Å². The normalized spacial score (nSPS) is 14.7. The van der Waals surface area contributed by atoms with Crippen molar-refractivity contribution >= 4 is 11.5 Å². The van der Waals surface area contributed by atoms with E-state index in [4.69, 9.17) is 0 Å². The zero-order chi connectivity index (χ0) is 12.7. The van der Waals surface area contributed by atoms with Crippen LogP contribution in [-0.4, -0.2) is 31.1 Å². The third-order valence-corrected chi connectivity index (χ3v) is 3.51. The first-order valence-corrected chi connectivity index (χ1v) is 6.25. The standard InChI is InChI=1S/C13H12N6/c1-2-4-10-6-11(5-9(10)3-1)15-12-7-14-8-13-16-17-18-19(12)13/h1-4,7-8,11,15H,5-6H2. The molecule has 2 aromatic heterocycles. The number of aromatic nitrogens is 5. The molecule has 3 aromatic rings. The fraction of sp³-hybridized carbons (Fsp3) is 0.231. The Morgan fingerprint density at radius 1 is 1.11 bits per heavy atom. The molecule has 94 valence electrons. The smallest absolute Gasteiger partial charge is 0.199 e. The first-order chi connectivity index (χ1) is 9.40. The number of anilines is 1. The first-order valence-electron chi connectivity index (χ1n) is 6.25. The van der Waals surface area contributed by atoms with Crippen molar-refractivity contribution in [2.45, 2.75) is 18.9 Å². The lowest BCUT2D eigenvalue weighted by Gasteiger charge is -2.13. The van der Waals surface area contributed by atoms with Gasteiger partial charge in [0.15, 0.2) is 11.5 Å². The molecule has 1 aliphatic rings. The molecule has 1 aliphatic carbocycles. The third kappa shape index (κ3) is 1.72. The van der Waals surface area contributed by atoms with Crippen LogP contribution in [0, 0.1) is 0 Å². The predicted octanol–water partition coefficient (Wildman–Crippen LogP) is 1.10. The van der Waals surface area contributed by atoms with Gasteiger partial charge in [-0.1, -0.05) is 24.3 Å². The number of nitrogens with one attached hydrogen (secondary N) is 1. The Hall–Kier alpha value is -2.50. The summed E-state index contributed by atoms with van der Waals surface area (Å²) in [6.07, 6.45) is 5.45. The third-order valence-electron chi connectivity index (χ3n) is 3.51. The topological polar surface area (TPSA) is 68.0 Å². The fourth-order valence-electron chi connectivity index (χ4n) is 2.64. The molecule has 0 amide bonds. The Bertz CT molecular complexity index is 710. The van der Waals surface area contributed by atoms with E-state index in [0.717, 1.165) is 18.7 Å². The van der Waals surface area contributed by atoms with Gasteiger partial charge >= 0.3 is 0 Å². The number of fused-ring (bicyclic) bond motifs is 2. The van der Waals surface area contributed by atoms with E-state index in [-0.39, 0.29) is 0 Å². The molecule has 0 spiro atoms. The van der Waals surface area contributed by atoms with E-state index in [0.29, 0.717) is 11.7 Å². The van der Waals surface area contributed by atoms with Crippen LogP contribution < -0.4 is 5.32 Å². The molecule has 19 heavy (non-hydrogen) atoms. The molecule has 0 unspecified atom stereocenters. The lowest BCUT2D eigenvalue weighted by molar-refractivity contribution is 0.746. The van der Waals surface area contributed by atoms with E-state index in [9.17, 15) is 0 Å². The van der Waals surface area contributed by atoms with Crippen molar-refractivity contribution < 1.29 is 0 Å². The number of tetrazole rings is 1. The molecule has 6 nitrogen and oxygen atoms in total. The number of rotatable bonds is 2. The molecule has 4 rings (SSSR count). The Kier molecular flexibility index (Phi) is 2.20. The minimum atomic E-state index is 0.369. The minimum Gasteiger partial charge on any atom is -0.365 e. The van der Waals surface area contributed by atoms with E-state index in [2.05, 4.69) is 50.1 Å². The summed E-state index contributed by atoms with van der Waals surface area (Å²) in [6.45, 7) is 0. The summed E-state index contributed by atoms with van der Waals surface area (Å²) in [6, 6.07) is 8.92. The van der Waals surface area contributed by atoms with Gasteiger partial charge in [0.05, 0.1) is 12.4 Å². The molecule has 0 aliphatic heterocycles. The van der Waals surface area contributed by atoms with Crippen molar-refractivity contribution in [3.63, 3.8) is 0 Å². The van der Waals surface area contributed by atoms with Gasteiger partial charge in [-0.05, 0) is 34.4 Å². The second-order valence-electron chi connectivity index (χ2n) is 4.76. The molecular weight excluding hydrogens is 240 g/mol. The van der Waals surface area contributed by atoms with Gasteiger partial charge in [-0.25, -0.2) is 0 Å². The van der Waals surface area contributed by atoms with Gasteiger partial charge in [-0.2, -0.15) is 4.52 Å². The van der Waals surface area contributed by atoms with Gasteiger partial charge in [0.25, 0.3) is 0 Å². The van der Waals surface area contributed by atoms with Gasteiger partial charge in [0, 0.05) is 6.04 Å². The van der Waals surface area contributed by atoms with Gasteiger partial charge in [-0.15, -0.1) is 5.10 Å². The average Bonchev–Trinajstić information content (AvgIpc) is 3.04. The summed E-state index contributed by atoms with van der Waals surface area (Å²) in [5, 5.41) is 15.0. The Morgan fingerprint density at radius 3 is 2.68 bits per heavy atom. The molecular formula is C13H12N6. The van der Waals surface area contributed by atoms with E-state index in [1.54, 1.807) is 16.9 Å². The van der Waals surface area contributed by atoms with Gasteiger partial charge in [0.1, 0.15) is 0 Å². The lowest BCUT2D eigenvalue weighted by Crippen LogP contribution is -2.21. The summed E-state index contributed by atoms with van der Waals surface area (Å²) in [5.41, 5.74) is 3.48. The van der Waals surface area contributed by atoms with Crippen molar-refractivity contribution in [2.24, 2.45) is 0 Å². The number of hydrogen-bond acceptors (Lipinski definition) is 5. The maximum Gasteiger partial charge on any atom is 0.199 e. The van der Waals surface area contributed by atoms with Crippen molar-refractivity contribution in [3.8, 4) is 0 Å². The molecule has 0 fully saturated rings. The second kappa shape index (κ2) is 4.01. The van der Waals surface area contributed by atoms with E-state index in [1.165, 1.54) is 11.1 Å². The van der Waals surface area contributed by atoms with Crippen LogP contribution in [0.1, 0.15) is 11.1 Å². The lowest BCUT2D eigenvalue weighted by atomic mass is 10.1. The maximum absolute atomic E-state index is 4.15. The highest BCUT2D eigenvalue weighted by Gasteiger charge is 2.21. The van der Waals surface area contributed by atoms with Crippen molar-refractivity contribution in [3.05, 3.63) is 47.8 Å². The van der Waals surface area contributed by atoms with Crippen LogP contribution in [0.5, 0.6) is 0 Å². The van der Waals surface area contributed by atoms with Crippen LogP contribution in [0.15, 0.2) is 36.7 Å². The van der Waals surface area contributed by atoms with E-state index >= 15 is 0 Å². The van der Waals surface area contributed by atoms with Crippen LogP contribution in [0.3, 0.4) is 0 Å². The number of nitrogens with zero attached hydrogens (tertiary/aromatic N) is 5. The SMILES string of the molecule is c1ccc2c(c1)CC(Nc1cncc3nnnn13)C2. The first kappa shape index (κ1) is 10.4. The summed E-state index contributed by atoms with van der Waals surface area (Å²) < 4.78 is 1.68. The predicted molar refractivity (Wildman–Crippen MR) is 69.8 cm³/mol. The number of hydrogen-bond donors (Lipinski definition) is 1. The Morgan fingerprint density at radius 2 is 1.89 bits per heavy atom. The van der Waals surface area contributed by atoms with Gasteiger partial charge in [-0.3, -0.25) is 4.98 Å². The fourth-order valence-corrected chi connectivity index (χ4v) is 2.64. The van der Waals surface area contributed by atoms with E-state index < -0.39 is 0 Å². The molecule has 2 heterocycles. The Balaban J connectivity index is 1.62. The van der Waals surface area contributed by atoms with Gasteiger partial charge in [0.2, 0.25) is 0 Å². The minimum absolute atomic E-state index is 0.369.